The Morgan fingerprint density at radius 3 is 2.65 bits per heavy atom. The number of primary sulfonamides is 1. The van der Waals surface area contributed by atoms with Crippen LogP contribution in [-0.2, 0) is 10.0 Å². The fourth-order valence-corrected chi connectivity index (χ4v) is 3.27. The Labute approximate surface area is 119 Å². The van der Waals surface area contributed by atoms with E-state index in [2.05, 4.69) is 10.2 Å². The van der Waals surface area contributed by atoms with E-state index >= 15 is 0 Å². The number of hydrogen-bond donors (Lipinski definition) is 3. The molecule has 1 saturated heterocycles. The van der Waals surface area contributed by atoms with Crippen molar-refractivity contribution in [1.82, 2.24) is 4.90 Å². The molecule has 6 nitrogen and oxygen atoms in total. The summed E-state index contributed by atoms with van der Waals surface area (Å²) in [4.78, 5) is 2.57. The highest BCUT2D eigenvalue weighted by molar-refractivity contribution is 7.89. The van der Waals surface area contributed by atoms with Gasteiger partial charge in [0.15, 0.2) is 0 Å². The highest BCUT2D eigenvalue weighted by atomic mass is 32.2. The Hall–Kier alpha value is -1.31. The van der Waals surface area contributed by atoms with E-state index in [0.29, 0.717) is 17.4 Å². The largest absolute Gasteiger partial charge is 0.397 e. The Balaban J connectivity index is 1.73. The monoisotopic (exact) mass is 296 g/mol. The third-order valence-electron chi connectivity index (χ3n) is 4.00. The summed E-state index contributed by atoms with van der Waals surface area (Å²) in [5.41, 5.74) is 7.10. The molecule has 1 aliphatic carbocycles. The standard InChI is InChI=1S/C13H20N4O2S/c14-12-4-3-11(20(15,18)19)7-13(12)16-9-5-6-17(8-9)10-1-2-10/h3-4,7,9-10,16H,1-2,5-6,8,14H2,(H2,15,18,19). The molecule has 1 unspecified atom stereocenters. The zero-order valence-electron chi connectivity index (χ0n) is 11.2. The van der Waals surface area contributed by atoms with Crippen LogP contribution in [0.25, 0.3) is 0 Å². The molecule has 0 aromatic heterocycles. The number of benzene rings is 1. The number of anilines is 2. The fraction of sp³-hybridized carbons (Fsp3) is 0.538. The smallest absolute Gasteiger partial charge is 0.238 e. The van der Waals surface area contributed by atoms with Crippen molar-refractivity contribution in [3.8, 4) is 0 Å². The van der Waals surface area contributed by atoms with E-state index in [1.54, 1.807) is 6.07 Å². The van der Waals surface area contributed by atoms with Gasteiger partial charge in [-0.3, -0.25) is 4.90 Å². The molecule has 3 rings (SSSR count). The number of nitrogens with two attached hydrogens (primary N) is 2. The van der Waals surface area contributed by atoms with Crippen molar-refractivity contribution >= 4 is 21.4 Å². The van der Waals surface area contributed by atoms with Crippen LogP contribution in [0.4, 0.5) is 11.4 Å². The number of sulfonamides is 1. The number of likely N-dealkylation sites (tertiary alicyclic amines) is 1. The lowest BCUT2D eigenvalue weighted by Crippen LogP contribution is -2.28. The first-order chi connectivity index (χ1) is 9.43. The van der Waals surface area contributed by atoms with Crippen molar-refractivity contribution < 1.29 is 8.42 Å². The highest BCUT2D eigenvalue weighted by Gasteiger charge is 2.34. The number of nitrogens with zero attached hydrogens (tertiary/aromatic N) is 1. The second-order valence-electron chi connectivity index (χ2n) is 5.65. The summed E-state index contributed by atoms with van der Waals surface area (Å²) < 4.78 is 22.8. The SMILES string of the molecule is Nc1ccc(S(N)(=O)=O)cc1NC1CCN(C2CC2)C1. The molecule has 1 heterocycles. The molecule has 0 radical (unpaired) electrons. The number of hydrogen-bond acceptors (Lipinski definition) is 5. The van der Waals surface area contributed by atoms with Crippen LogP contribution in [0.15, 0.2) is 23.1 Å². The molecule has 20 heavy (non-hydrogen) atoms. The summed E-state index contributed by atoms with van der Waals surface area (Å²) in [5.74, 6) is 0. The molecule has 2 aliphatic rings. The quantitative estimate of drug-likeness (QED) is 0.705. The number of nitrogen functional groups attached to an aromatic ring is 1. The average molecular weight is 296 g/mol. The van der Waals surface area contributed by atoms with Crippen molar-refractivity contribution in [3.63, 3.8) is 0 Å². The van der Waals surface area contributed by atoms with Crippen LogP contribution < -0.4 is 16.2 Å². The topological polar surface area (TPSA) is 101 Å². The van der Waals surface area contributed by atoms with Crippen LogP contribution in [0.1, 0.15) is 19.3 Å². The maximum Gasteiger partial charge on any atom is 0.238 e. The summed E-state index contributed by atoms with van der Waals surface area (Å²) in [6.07, 6.45) is 3.65. The van der Waals surface area contributed by atoms with E-state index in [4.69, 9.17) is 10.9 Å². The molecule has 1 saturated carbocycles. The molecule has 1 aromatic rings. The molecule has 7 heteroatoms. The summed E-state index contributed by atoms with van der Waals surface area (Å²) in [6.45, 7) is 2.08. The molecule has 110 valence electrons. The Bertz CT molecular complexity index is 613. The first-order valence-corrected chi connectivity index (χ1v) is 8.41. The summed E-state index contributed by atoms with van der Waals surface area (Å²) in [5, 5.41) is 8.50. The lowest BCUT2D eigenvalue weighted by molar-refractivity contribution is 0.326. The molecule has 0 spiro atoms. The van der Waals surface area contributed by atoms with E-state index in [0.717, 1.165) is 25.6 Å². The predicted molar refractivity (Wildman–Crippen MR) is 78.9 cm³/mol. The van der Waals surface area contributed by atoms with Crippen LogP contribution in [0.3, 0.4) is 0 Å². The number of nitrogens with one attached hydrogen (secondary N) is 1. The van der Waals surface area contributed by atoms with Gasteiger partial charge in [-0.2, -0.15) is 0 Å². The third kappa shape index (κ3) is 2.89. The zero-order chi connectivity index (χ0) is 14.3. The summed E-state index contributed by atoms with van der Waals surface area (Å²) >= 11 is 0. The van der Waals surface area contributed by atoms with Crippen molar-refractivity contribution in [1.29, 1.82) is 0 Å². The number of rotatable bonds is 4. The molecular formula is C13H20N4O2S. The molecule has 5 N–H and O–H groups in total. The summed E-state index contributed by atoms with van der Waals surface area (Å²) in [7, 11) is -3.70. The molecule has 1 aromatic carbocycles. The lowest BCUT2D eigenvalue weighted by Gasteiger charge is -2.18. The van der Waals surface area contributed by atoms with Crippen LogP contribution >= 0.6 is 0 Å². The third-order valence-corrected chi connectivity index (χ3v) is 4.91. The summed E-state index contributed by atoms with van der Waals surface area (Å²) in [6, 6.07) is 5.60. The maximum atomic E-state index is 11.4. The van der Waals surface area contributed by atoms with Crippen LogP contribution in [0.5, 0.6) is 0 Å². The average Bonchev–Trinajstić information content (AvgIpc) is 3.12. The first-order valence-electron chi connectivity index (χ1n) is 6.86. The lowest BCUT2D eigenvalue weighted by atomic mass is 10.2. The van der Waals surface area contributed by atoms with Crippen molar-refractivity contribution in [2.75, 3.05) is 24.1 Å². The minimum atomic E-state index is -3.70. The van der Waals surface area contributed by atoms with Crippen molar-refractivity contribution in [2.24, 2.45) is 5.14 Å². The van der Waals surface area contributed by atoms with E-state index in [1.807, 2.05) is 0 Å². The Kier molecular flexibility index (Phi) is 3.35. The van der Waals surface area contributed by atoms with Gasteiger partial charge < -0.3 is 11.1 Å². The van der Waals surface area contributed by atoms with Gasteiger partial charge in [0.2, 0.25) is 10.0 Å². The van der Waals surface area contributed by atoms with Crippen LogP contribution in [-0.4, -0.2) is 38.5 Å². The van der Waals surface area contributed by atoms with Crippen LogP contribution in [0, 0.1) is 0 Å². The van der Waals surface area contributed by atoms with Gasteiger partial charge in [0.1, 0.15) is 0 Å². The van der Waals surface area contributed by atoms with Gasteiger partial charge in [-0.05, 0) is 37.5 Å². The van der Waals surface area contributed by atoms with Crippen molar-refractivity contribution in [2.45, 2.75) is 36.2 Å². The molecule has 1 atom stereocenters. The Morgan fingerprint density at radius 1 is 1.25 bits per heavy atom. The molecule has 0 bridgehead atoms. The van der Waals surface area contributed by atoms with Crippen molar-refractivity contribution in [3.05, 3.63) is 18.2 Å². The second-order valence-corrected chi connectivity index (χ2v) is 7.21. The maximum absolute atomic E-state index is 11.4. The zero-order valence-corrected chi connectivity index (χ0v) is 12.1. The molecule has 0 amide bonds. The van der Waals surface area contributed by atoms with Gasteiger partial charge in [-0.1, -0.05) is 0 Å². The predicted octanol–water partition coefficient (Wildman–Crippen LogP) is 0.565. The van der Waals surface area contributed by atoms with E-state index < -0.39 is 10.0 Å². The second kappa shape index (κ2) is 4.91. The Morgan fingerprint density at radius 2 is 2.00 bits per heavy atom. The van der Waals surface area contributed by atoms with E-state index in [9.17, 15) is 8.42 Å². The van der Waals surface area contributed by atoms with Gasteiger partial charge in [0, 0.05) is 25.2 Å². The first kappa shape index (κ1) is 13.7. The molecule has 2 fully saturated rings. The normalized spacial score (nSPS) is 23.9. The highest BCUT2D eigenvalue weighted by Crippen LogP contribution is 2.31. The minimum Gasteiger partial charge on any atom is -0.397 e. The molecule has 1 aliphatic heterocycles. The van der Waals surface area contributed by atoms with Gasteiger partial charge in [0.25, 0.3) is 0 Å². The minimum absolute atomic E-state index is 0.0891. The van der Waals surface area contributed by atoms with Gasteiger partial charge in [-0.15, -0.1) is 0 Å². The van der Waals surface area contributed by atoms with Crippen LogP contribution in [0.2, 0.25) is 0 Å². The fourth-order valence-electron chi connectivity index (χ4n) is 2.73. The van der Waals surface area contributed by atoms with Gasteiger partial charge in [0.05, 0.1) is 16.3 Å². The van der Waals surface area contributed by atoms with E-state index in [1.165, 1.54) is 25.0 Å². The van der Waals surface area contributed by atoms with E-state index in [-0.39, 0.29) is 4.90 Å². The molecular weight excluding hydrogens is 276 g/mol. The van der Waals surface area contributed by atoms with Gasteiger partial charge in [-0.25, -0.2) is 13.6 Å². The van der Waals surface area contributed by atoms with Gasteiger partial charge >= 0.3 is 0 Å².